The molecule has 122 valence electrons. The molecule has 0 unspecified atom stereocenters. The molecule has 0 heterocycles. The van der Waals surface area contributed by atoms with Crippen molar-refractivity contribution >= 4 is 29.9 Å². The maximum Gasteiger partial charge on any atom is 0.191 e. The molecule has 5 nitrogen and oxygen atoms in total. The van der Waals surface area contributed by atoms with Gasteiger partial charge in [0.25, 0.3) is 0 Å². The van der Waals surface area contributed by atoms with E-state index in [-0.39, 0.29) is 24.0 Å². The first-order valence-electron chi connectivity index (χ1n) is 7.68. The second-order valence-electron chi connectivity index (χ2n) is 5.54. The van der Waals surface area contributed by atoms with E-state index in [1.165, 1.54) is 12.8 Å². The normalized spacial score (nSPS) is 18.9. The lowest BCUT2D eigenvalue weighted by molar-refractivity contribution is 0.144. The lowest BCUT2D eigenvalue weighted by Crippen LogP contribution is -2.45. The highest BCUT2D eigenvalue weighted by Crippen LogP contribution is 2.25. The van der Waals surface area contributed by atoms with Crippen molar-refractivity contribution in [1.82, 2.24) is 15.5 Å². The molecule has 2 aliphatic carbocycles. The predicted molar refractivity (Wildman–Crippen MR) is 98.5 cm³/mol. The van der Waals surface area contributed by atoms with Crippen LogP contribution in [0.5, 0.6) is 0 Å². The second-order valence-corrected chi connectivity index (χ2v) is 5.54. The fourth-order valence-corrected chi connectivity index (χ4v) is 2.57. The number of hydrogen-bond donors (Lipinski definition) is 2. The molecule has 0 aromatic heterocycles. The van der Waals surface area contributed by atoms with Crippen LogP contribution < -0.4 is 10.6 Å². The molecular formula is C15H29IN4O. The minimum atomic E-state index is 0. The molecule has 2 N–H and O–H groups in total. The molecule has 0 aromatic carbocycles. The molecule has 2 aliphatic rings. The topological polar surface area (TPSA) is 48.9 Å². The third-order valence-corrected chi connectivity index (χ3v) is 3.91. The number of methoxy groups -OCH3 is 1. The summed E-state index contributed by atoms with van der Waals surface area (Å²) in [5.74, 6) is 0.918. The van der Waals surface area contributed by atoms with Crippen LogP contribution in [0.3, 0.4) is 0 Å². The Morgan fingerprint density at radius 3 is 2.57 bits per heavy atom. The van der Waals surface area contributed by atoms with Crippen LogP contribution in [0.4, 0.5) is 0 Å². The average Bonchev–Trinajstić information content (AvgIpc) is 3.18. The molecular weight excluding hydrogens is 379 g/mol. The molecule has 0 bridgehead atoms. The van der Waals surface area contributed by atoms with Crippen LogP contribution in [0.2, 0.25) is 0 Å². The van der Waals surface area contributed by atoms with Crippen LogP contribution in [0.1, 0.15) is 25.7 Å². The number of nitrogens with zero attached hydrogens (tertiary/aromatic N) is 2. The van der Waals surface area contributed by atoms with Gasteiger partial charge < -0.3 is 15.4 Å². The number of halogens is 1. The van der Waals surface area contributed by atoms with Gasteiger partial charge in [0.15, 0.2) is 5.96 Å². The van der Waals surface area contributed by atoms with Gasteiger partial charge in [0.2, 0.25) is 0 Å². The van der Waals surface area contributed by atoms with Crippen molar-refractivity contribution in [3.8, 4) is 0 Å². The fraction of sp³-hybridized carbons (Fsp3) is 0.800. The highest BCUT2D eigenvalue weighted by Gasteiger charge is 2.28. The van der Waals surface area contributed by atoms with E-state index in [2.05, 4.69) is 32.7 Å². The van der Waals surface area contributed by atoms with Gasteiger partial charge in [-0.1, -0.05) is 12.2 Å². The molecule has 1 fully saturated rings. The molecule has 0 amide bonds. The summed E-state index contributed by atoms with van der Waals surface area (Å²) in [7, 11) is 3.60. The summed E-state index contributed by atoms with van der Waals surface area (Å²) in [4.78, 5) is 6.81. The summed E-state index contributed by atoms with van der Waals surface area (Å²) in [6, 6.07) is 1.29. The third kappa shape index (κ3) is 6.97. The van der Waals surface area contributed by atoms with Crippen LogP contribution in [0, 0.1) is 0 Å². The number of ether oxygens (including phenoxy) is 1. The van der Waals surface area contributed by atoms with Crippen molar-refractivity contribution in [1.29, 1.82) is 0 Å². The SMILES string of the molecule is CN=C(NCCN(CCOC)C1CC1)NC1CC=CC1.I. The molecule has 0 spiro atoms. The average molecular weight is 408 g/mol. The van der Waals surface area contributed by atoms with Crippen LogP contribution in [-0.2, 0) is 4.74 Å². The van der Waals surface area contributed by atoms with E-state index in [9.17, 15) is 0 Å². The van der Waals surface area contributed by atoms with E-state index >= 15 is 0 Å². The number of rotatable bonds is 8. The highest BCUT2D eigenvalue weighted by atomic mass is 127. The minimum Gasteiger partial charge on any atom is -0.383 e. The Labute approximate surface area is 145 Å². The van der Waals surface area contributed by atoms with Gasteiger partial charge in [-0.2, -0.15) is 0 Å². The molecule has 2 rings (SSSR count). The number of hydrogen-bond acceptors (Lipinski definition) is 3. The van der Waals surface area contributed by atoms with Gasteiger partial charge in [-0.15, -0.1) is 24.0 Å². The van der Waals surface area contributed by atoms with E-state index in [1.54, 1.807) is 7.11 Å². The van der Waals surface area contributed by atoms with Crippen LogP contribution in [-0.4, -0.2) is 63.3 Å². The summed E-state index contributed by atoms with van der Waals surface area (Å²) in [5, 5.41) is 6.88. The van der Waals surface area contributed by atoms with Gasteiger partial charge in [0, 0.05) is 45.9 Å². The first-order valence-corrected chi connectivity index (χ1v) is 7.68. The van der Waals surface area contributed by atoms with Crippen molar-refractivity contribution in [2.24, 2.45) is 4.99 Å². The van der Waals surface area contributed by atoms with Crippen molar-refractivity contribution in [3.05, 3.63) is 12.2 Å². The number of nitrogens with one attached hydrogen (secondary N) is 2. The predicted octanol–water partition coefficient (Wildman–Crippen LogP) is 1.60. The van der Waals surface area contributed by atoms with Gasteiger partial charge in [-0.25, -0.2) is 0 Å². The molecule has 21 heavy (non-hydrogen) atoms. The Balaban J connectivity index is 0.00000220. The lowest BCUT2D eigenvalue weighted by Gasteiger charge is -2.23. The molecule has 0 saturated heterocycles. The summed E-state index contributed by atoms with van der Waals surface area (Å²) in [5.41, 5.74) is 0. The minimum absolute atomic E-state index is 0. The Bertz CT molecular complexity index is 337. The fourth-order valence-electron chi connectivity index (χ4n) is 2.57. The van der Waals surface area contributed by atoms with Crippen molar-refractivity contribution in [2.75, 3.05) is 40.4 Å². The first-order chi connectivity index (χ1) is 9.83. The van der Waals surface area contributed by atoms with Gasteiger partial charge in [-0.3, -0.25) is 9.89 Å². The second kappa shape index (κ2) is 10.4. The van der Waals surface area contributed by atoms with Crippen LogP contribution in [0.25, 0.3) is 0 Å². The highest BCUT2D eigenvalue weighted by molar-refractivity contribution is 14.0. The number of guanidine groups is 1. The summed E-state index contributed by atoms with van der Waals surface area (Å²) in [6.45, 7) is 3.83. The van der Waals surface area contributed by atoms with E-state index in [0.29, 0.717) is 6.04 Å². The van der Waals surface area contributed by atoms with Gasteiger partial charge >= 0.3 is 0 Å². The van der Waals surface area contributed by atoms with Crippen molar-refractivity contribution in [2.45, 2.75) is 37.8 Å². The van der Waals surface area contributed by atoms with Gasteiger partial charge in [0.05, 0.1) is 6.61 Å². The lowest BCUT2D eigenvalue weighted by atomic mass is 10.2. The Morgan fingerprint density at radius 1 is 1.29 bits per heavy atom. The van der Waals surface area contributed by atoms with E-state index in [1.807, 2.05) is 7.05 Å². The van der Waals surface area contributed by atoms with Crippen molar-refractivity contribution in [3.63, 3.8) is 0 Å². The molecule has 1 saturated carbocycles. The maximum atomic E-state index is 5.18. The zero-order chi connectivity index (χ0) is 14.2. The Kier molecular flexibility index (Phi) is 9.26. The Morgan fingerprint density at radius 2 is 2.00 bits per heavy atom. The van der Waals surface area contributed by atoms with Crippen LogP contribution >= 0.6 is 24.0 Å². The molecule has 0 radical (unpaired) electrons. The van der Waals surface area contributed by atoms with Crippen molar-refractivity contribution < 1.29 is 4.74 Å². The molecule has 6 heteroatoms. The largest absolute Gasteiger partial charge is 0.383 e. The number of aliphatic imine (C=N–C) groups is 1. The standard InChI is InChI=1S/C15H28N4O.HI/c1-16-15(18-13-5-3-4-6-13)17-9-10-19(11-12-20-2)14-7-8-14;/h3-4,13-14H,5-12H2,1-2H3,(H2,16,17,18);1H. The zero-order valence-electron chi connectivity index (χ0n) is 13.2. The summed E-state index contributed by atoms with van der Waals surface area (Å²) >= 11 is 0. The van der Waals surface area contributed by atoms with Gasteiger partial charge in [0.1, 0.15) is 0 Å². The summed E-state index contributed by atoms with van der Waals surface area (Å²) < 4.78 is 5.18. The molecule has 0 aliphatic heterocycles. The first kappa shape index (κ1) is 18.7. The molecule has 0 aromatic rings. The maximum absolute atomic E-state index is 5.18. The quantitative estimate of drug-likeness (QED) is 0.277. The monoisotopic (exact) mass is 408 g/mol. The van der Waals surface area contributed by atoms with E-state index in [0.717, 1.165) is 51.1 Å². The third-order valence-electron chi connectivity index (χ3n) is 3.91. The van der Waals surface area contributed by atoms with Crippen LogP contribution in [0.15, 0.2) is 17.1 Å². The summed E-state index contributed by atoms with van der Waals surface area (Å²) in [6.07, 6.45) is 9.33. The van der Waals surface area contributed by atoms with Gasteiger partial charge in [-0.05, 0) is 25.7 Å². The Hall–Kier alpha value is -0.340. The molecule has 0 atom stereocenters. The zero-order valence-corrected chi connectivity index (χ0v) is 15.5. The smallest absolute Gasteiger partial charge is 0.191 e. The van der Waals surface area contributed by atoms with E-state index < -0.39 is 0 Å². The van der Waals surface area contributed by atoms with E-state index in [4.69, 9.17) is 4.74 Å².